The van der Waals surface area contributed by atoms with Crippen LogP contribution in [0.25, 0.3) is 16.7 Å². The molecule has 6 heteroatoms. The van der Waals surface area contributed by atoms with Gasteiger partial charge in [0, 0.05) is 19.7 Å². The van der Waals surface area contributed by atoms with Gasteiger partial charge in [0.2, 0.25) is 0 Å². The Hall–Kier alpha value is -2.63. The van der Waals surface area contributed by atoms with Crippen molar-refractivity contribution in [3.63, 3.8) is 0 Å². The zero-order valence-electron chi connectivity index (χ0n) is 12.2. The number of nitrogens with zero attached hydrogens (tertiary/aromatic N) is 4. The van der Waals surface area contributed by atoms with E-state index in [-0.39, 0.29) is 5.56 Å². The van der Waals surface area contributed by atoms with E-state index in [9.17, 15) is 9.90 Å². The Bertz CT molecular complexity index is 845. The maximum atomic E-state index is 11.2. The predicted octanol–water partition coefficient (Wildman–Crippen LogP) is 2.33. The van der Waals surface area contributed by atoms with Gasteiger partial charge in [-0.15, -0.1) is 0 Å². The van der Waals surface area contributed by atoms with Gasteiger partial charge in [-0.3, -0.25) is 9.25 Å². The molecule has 0 aliphatic rings. The van der Waals surface area contributed by atoms with E-state index < -0.39 is 5.97 Å². The molecule has 0 atom stereocenters. The van der Waals surface area contributed by atoms with Crippen LogP contribution in [-0.2, 0) is 13.5 Å². The summed E-state index contributed by atoms with van der Waals surface area (Å²) < 4.78 is 3.74. The first-order valence-corrected chi connectivity index (χ1v) is 6.76. The summed E-state index contributed by atoms with van der Waals surface area (Å²) in [5, 5.41) is 13.5. The minimum Gasteiger partial charge on any atom is -0.478 e. The van der Waals surface area contributed by atoms with Gasteiger partial charge in [-0.1, -0.05) is 6.92 Å². The second-order valence-electron chi connectivity index (χ2n) is 5.00. The lowest BCUT2D eigenvalue weighted by molar-refractivity contribution is 0.0697. The van der Waals surface area contributed by atoms with Crippen LogP contribution in [0.4, 0.5) is 0 Å². The van der Waals surface area contributed by atoms with Crippen molar-refractivity contribution < 1.29 is 9.90 Å². The summed E-state index contributed by atoms with van der Waals surface area (Å²) in [6.45, 7) is 3.96. The molecule has 0 unspecified atom stereocenters. The molecule has 108 valence electrons. The minimum absolute atomic E-state index is 0.257. The molecule has 0 aliphatic carbocycles. The van der Waals surface area contributed by atoms with Gasteiger partial charge in [0.25, 0.3) is 0 Å². The lowest BCUT2D eigenvalue weighted by atomic mass is 10.2. The van der Waals surface area contributed by atoms with E-state index in [0.717, 1.165) is 34.7 Å². The summed E-state index contributed by atoms with van der Waals surface area (Å²) in [4.78, 5) is 15.8. The monoisotopic (exact) mass is 284 g/mol. The Balaban J connectivity index is 2.35. The van der Waals surface area contributed by atoms with Crippen LogP contribution in [0.1, 0.15) is 28.8 Å². The molecule has 0 spiro atoms. The van der Waals surface area contributed by atoms with Crippen molar-refractivity contribution in [1.29, 1.82) is 0 Å². The van der Waals surface area contributed by atoms with Crippen molar-refractivity contribution in [2.45, 2.75) is 20.3 Å². The van der Waals surface area contributed by atoms with Crippen LogP contribution in [0.5, 0.6) is 0 Å². The molecule has 0 saturated carbocycles. The van der Waals surface area contributed by atoms with Crippen LogP contribution in [0.15, 0.2) is 24.4 Å². The molecule has 0 saturated heterocycles. The number of aryl methyl sites for hydroxylation is 3. The molecule has 6 nitrogen and oxygen atoms in total. The van der Waals surface area contributed by atoms with E-state index in [1.165, 1.54) is 0 Å². The van der Waals surface area contributed by atoms with Crippen LogP contribution in [0.3, 0.4) is 0 Å². The zero-order chi connectivity index (χ0) is 15.1. The van der Waals surface area contributed by atoms with Crippen LogP contribution in [0, 0.1) is 6.92 Å². The fourth-order valence-corrected chi connectivity index (χ4v) is 2.57. The maximum absolute atomic E-state index is 11.2. The first-order valence-electron chi connectivity index (χ1n) is 6.76. The average Bonchev–Trinajstić information content (AvgIpc) is 2.96. The standard InChI is InChI=1S/C15H16N4O2/c1-4-14-16-11-6-5-10(15(20)21)7-12(11)19(14)13-8-18(3)17-9(13)2/h5-8H,4H2,1-3H3,(H,20,21). The topological polar surface area (TPSA) is 72.9 Å². The van der Waals surface area contributed by atoms with Gasteiger partial charge in [-0.05, 0) is 25.1 Å². The number of benzene rings is 1. The Kier molecular flexibility index (Phi) is 3.01. The number of carboxylic acids is 1. The summed E-state index contributed by atoms with van der Waals surface area (Å²) in [5.74, 6) is -0.0470. The van der Waals surface area contributed by atoms with Gasteiger partial charge >= 0.3 is 5.97 Å². The van der Waals surface area contributed by atoms with E-state index in [2.05, 4.69) is 10.1 Å². The van der Waals surface area contributed by atoms with E-state index in [1.807, 2.05) is 31.7 Å². The predicted molar refractivity (Wildman–Crippen MR) is 78.9 cm³/mol. The van der Waals surface area contributed by atoms with E-state index in [0.29, 0.717) is 0 Å². The molecule has 3 aromatic rings. The molecule has 3 rings (SSSR count). The summed E-state index contributed by atoms with van der Waals surface area (Å²) in [6.07, 6.45) is 2.68. The number of fused-ring (bicyclic) bond motifs is 1. The normalized spacial score (nSPS) is 11.2. The third kappa shape index (κ3) is 2.08. The molecule has 1 N–H and O–H groups in total. The van der Waals surface area contributed by atoms with Gasteiger partial charge in [-0.2, -0.15) is 5.10 Å². The number of rotatable bonds is 3. The molecule has 0 fully saturated rings. The summed E-state index contributed by atoms with van der Waals surface area (Å²) >= 11 is 0. The second kappa shape index (κ2) is 4.73. The van der Waals surface area contributed by atoms with Gasteiger partial charge in [0.1, 0.15) is 5.82 Å². The number of hydrogen-bond acceptors (Lipinski definition) is 3. The lowest BCUT2D eigenvalue weighted by Gasteiger charge is -2.06. The van der Waals surface area contributed by atoms with E-state index >= 15 is 0 Å². The minimum atomic E-state index is -0.939. The number of aromatic carboxylic acids is 1. The number of aromatic nitrogens is 4. The average molecular weight is 284 g/mol. The Morgan fingerprint density at radius 1 is 1.38 bits per heavy atom. The molecule has 0 amide bonds. The lowest BCUT2D eigenvalue weighted by Crippen LogP contribution is -2.02. The molecule has 0 radical (unpaired) electrons. The van der Waals surface area contributed by atoms with Crippen molar-refractivity contribution in [1.82, 2.24) is 19.3 Å². The third-order valence-corrected chi connectivity index (χ3v) is 3.52. The molecule has 2 aromatic heterocycles. The number of imidazole rings is 1. The Labute approximate surface area is 121 Å². The smallest absolute Gasteiger partial charge is 0.335 e. The first kappa shape index (κ1) is 13.4. The summed E-state index contributed by atoms with van der Waals surface area (Å²) in [7, 11) is 1.86. The SMILES string of the molecule is CCc1nc2ccc(C(=O)O)cc2n1-c1cn(C)nc1C. The van der Waals surface area contributed by atoms with Crippen LogP contribution < -0.4 is 0 Å². The van der Waals surface area contributed by atoms with Gasteiger partial charge in [0.05, 0.1) is 28.0 Å². The molecule has 0 aliphatic heterocycles. The highest BCUT2D eigenvalue weighted by atomic mass is 16.4. The quantitative estimate of drug-likeness (QED) is 0.801. The molecular formula is C15H16N4O2. The number of carbonyl (C=O) groups is 1. The molecule has 1 aromatic carbocycles. The highest BCUT2D eigenvalue weighted by Gasteiger charge is 2.16. The van der Waals surface area contributed by atoms with Crippen molar-refractivity contribution in [2.24, 2.45) is 7.05 Å². The fourth-order valence-electron chi connectivity index (χ4n) is 2.57. The first-order chi connectivity index (χ1) is 10.0. The van der Waals surface area contributed by atoms with Gasteiger partial charge in [-0.25, -0.2) is 9.78 Å². The Morgan fingerprint density at radius 3 is 2.71 bits per heavy atom. The van der Waals surface area contributed by atoms with E-state index in [1.54, 1.807) is 22.9 Å². The van der Waals surface area contributed by atoms with Crippen molar-refractivity contribution in [3.05, 3.63) is 41.5 Å². The zero-order valence-corrected chi connectivity index (χ0v) is 12.2. The summed E-state index contributed by atoms with van der Waals surface area (Å²) in [5.41, 5.74) is 3.66. The number of carboxylic acid groups (broad SMARTS) is 1. The molecule has 2 heterocycles. The molecular weight excluding hydrogens is 268 g/mol. The van der Waals surface area contributed by atoms with Crippen molar-refractivity contribution in [3.8, 4) is 5.69 Å². The fraction of sp³-hybridized carbons (Fsp3) is 0.267. The van der Waals surface area contributed by atoms with Crippen LogP contribution in [-0.4, -0.2) is 30.4 Å². The largest absolute Gasteiger partial charge is 0.478 e. The van der Waals surface area contributed by atoms with Gasteiger partial charge in [0.15, 0.2) is 0 Å². The maximum Gasteiger partial charge on any atom is 0.335 e. The molecule has 0 bridgehead atoms. The Morgan fingerprint density at radius 2 is 2.14 bits per heavy atom. The molecule has 21 heavy (non-hydrogen) atoms. The van der Waals surface area contributed by atoms with Gasteiger partial charge < -0.3 is 5.11 Å². The van der Waals surface area contributed by atoms with Crippen molar-refractivity contribution in [2.75, 3.05) is 0 Å². The summed E-state index contributed by atoms with van der Waals surface area (Å²) in [6, 6.07) is 4.99. The highest BCUT2D eigenvalue weighted by molar-refractivity contribution is 5.93. The highest BCUT2D eigenvalue weighted by Crippen LogP contribution is 2.24. The number of hydrogen-bond donors (Lipinski definition) is 1. The van der Waals surface area contributed by atoms with Crippen molar-refractivity contribution >= 4 is 17.0 Å². The third-order valence-electron chi connectivity index (χ3n) is 3.52. The van der Waals surface area contributed by atoms with Crippen LogP contribution >= 0.6 is 0 Å². The second-order valence-corrected chi connectivity index (χ2v) is 5.00. The van der Waals surface area contributed by atoms with Crippen LogP contribution in [0.2, 0.25) is 0 Å². The van der Waals surface area contributed by atoms with E-state index in [4.69, 9.17) is 0 Å².